The fourth-order valence-electron chi connectivity index (χ4n) is 3.15. The second-order valence-electron chi connectivity index (χ2n) is 6.71. The maximum absolute atomic E-state index is 10.6. The summed E-state index contributed by atoms with van der Waals surface area (Å²) in [7, 11) is 1.94. The van der Waals surface area contributed by atoms with E-state index in [-0.39, 0.29) is 0 Å². The molecule has 1 aliphatic rings. The van der Waals surface area contributed by atoms with Crippen LogP contribution in [0, 0.1) is 0 Å². The van der Waals surface area contributed by atoms with Gasteiger partial charge in [0, 0.05) is 61.0 Å². The van der Waals surface area contributed by atoms with Crippen LogP contribution in [0.5, 0.6) is 0 Å². The highest BCUT2D eigenvalue weighted by atomic mass is 32.1. The number of thiophene rings is 1. The number of hydrogen-bond acceptors (Lipinski definition) is 6. The number of carbonyl (C=O) groups is 1. The van der Waals surface area contributed by atoms with Crippen LogP contribution < -0.4 is 0 Å². The van der Waals surface area contributed by atoms with Crippen LogP contribution >= 0.6 is 11.3 Å². The van der Waals surface area contributed by atoms with Crippen molar-refractivity contribution in [2.75, 3.05) is 13.1 Å². The lowest BCUT2D eigenvalue weighted by atomic mass is 10.0. The highest BCUT2D eigenvalue weighted by Crippen LogP contribution is 2.26. The molecular formula is C19H20F3N5O2S. The van der Waals surface area contributed by atoms with Gasteiger partial charge in [0.25, 0.3) is 0 Å². The van der Waals surface area contributed by atoms with Crippen molar-refractivity contribution in [3.63, 3.8) is 0 Å². The maximum atomic E-state index is 10.6. The van der Waals surface area contributed by atoms with Gasteiger partial charge in [0.05, 0.1) is 11.9 Å². The number of carboxylic acids is 1. The second-order valence-corrected chi connectivity index (χ2v) is 7.74. The van der Waals surface area contributed by atoms with E-state index in [0.717, 1.165) is 43.7 Å². The third kappa shape index (κ3) is 5.63. The Morgan fingerprint density at radius 3 is 2.60 bits per heavy atom. The number of aryl methyl sites for hydroxylation is 1. The number of halogens is 3. The van der Waals surface area contributed by atoms with E-state index in [1.165, 1.54) is 16.1 Å². The summed E-state index contributed by atoms with van der Waals surface area (Å²) in [6.07, 6.45) is 2.49. The highest BCUT2D eigenvalue weighted by molar-refractivity contribution is 7.09. The first kappa shape index (κ1) is 21.9. The lowest BCUT2D eigenvalue weighted by molar-refractivity contribution is -0.192. The van der Waals surface area contributed by atoms with Crippen molar-refractivity contribution in [1.82, 2.24) is 24.6 Å². The third-order valence-electron chi connectivity index (χ3n) is 4.56. The van der Waals surface area contributed by atoms with Gasteiger partial charge < -0.3 is 5.11 Å². The fraction of sp³-hybridized carbons (Fsp3) is 0.368. The van der Waals surface area contributed by atoms with E-state index >= 15 is 0 Å². The zero-order chi connectivity index (χ0) is 21.7. The number of aliphatic carboxylic acids is 1. The van der Waals surface area contributed by atoms with Gasteiger partial charge in [-0.25, -0.2) is 14.8 Å². The number of hydrogen-bond donors (Lipinski definition) is 1. The molecule has 0 aliphatic carbocycles. The predicted octanol–water partition coefficient (Wildman–Crippen LogP) is 3.17. The molecule has 7 nitrogen and oxygen atoms in total. The zero-order valence-corrected chi connectivity index (χ0v) is 16.9. The molecule has 0 atom stereocenters. The quantitative estimate of drug-likeness (QED) is 0.675. The smallest absolute Gasteiger partial charge is 0.475 e. The normalized spacial score (nSPS) is 14.4. The maximum Gasteiger partial charge on any atom is 0.490 e. The molecule has 0 fully saturated rings. The average Bonchev–Trinajstić information content (AvgIpc) is 3.30. The minimum absolute atomic E-state index is 0.983. The molecule has 4 heterocycles. The van der Waals surface area contributed by atoms with Gasteiger partial charge in [0.1, 0.15) is 6.33 Å². The van der Waals surface area contributed by atoms with Crippen molar-refractivity contribution in [2.24, 2.45) is 7.05 Å². The summed E-state index contributed by atoms with van der Waals surface area (Å²) in [4.78, 5) is 21.9. The van der Waals surface area contributed by atoms with Crippen LogP contribution in [0.4, 0.5) is 13.2 Å². The molecule has 4 rings (SSSR count). The first-order valence-corrected chi connectivity index (χ1v) is 9.98. The van der Waals surface area contributed by atoms with E-state index in [2.05, 4.69) is 37.5 Å². The molecule has 0 radical (unpaired) electrons. The van der Waals surface area contributed by atoms with E-state index in [1.807, 2.05) is 35.5 Å². The van der Waals surface area contributed by atoms with Crippen molar-refractivity contribution in [3.05, 3.63) is 52.4 Å². The molecule has 0 saturated carbocycles. The lowest BCUT2D eigenvalue weighted by Gasteiger charge is -2.18. The molecule has 0 spiro atoms. The highest BCUT2D eigenvalue weighted by Gasteiger charge is 2.38. The molecule has 0 bridgehead atoms. The largest absolute Gasteiger partial charge is 0.490 e. The van der Waals surface area contributed by atoms with Crippen LogP contribution in [0.1, 0.15) is 16.1 Å². The Morgan fingerprint density at radius 1 is 1.27 bits per heavy atom. The Bertz CT molecular complexity index is 988. The average molecular weight is 439 g/mol. The van der Waals surface area contributed by atoms with E-state index in [9.17, 15) is 13.2 Å². The van der Waals surface area contributed by atoms with Gasteiger partial charge in [-0.1, -0.05) is 6.07 Å². The monoisotopic (exact) mass is 439 g/mol. The summed E-state index contributed by atoms with van der Waals surface area (Å²) in [5, 5.41) is 13.5. The molecule has 3 aromatic heterocycles. The van der Waals surface area contributed by atoms with Crippen molar-refractivity contribution < 1.29 is 23.1 Å². The van der Waals surface area contributed by atoms with Gasteiger partial charge in [0.2, 0.25) is 0 Å². The van der Waals surface area contributed by atoms with Crippen LogP contribution in [0.25, 0.3) is 11.3 Å². The van der Waals surface area contributed by atoms with Crippen LogP contribution in [-0.2, 0) is 31.2 Å². The molecule has 1 aliphatic heterocycles. The fourth-order valence-corrected chi connectivity index (χ4v) is 3.89. The Morgan fingerprint density at radius 2 is 2.00 bits per heavy atom. The summed E-state index contributed by atoms with van der Waals surface area (Å²) in [6, 6.07) is 4.34. The Balaban J connectivity index is 0.000000318. The van der Waals surface area contributed by atoms with Gasteiger partial charge in [0.15, 0.2) is 0 Å². The number of fused-ring (bicyclic) bond motifs is 1. The molecule has 3 aromatic rings. The van der Waals surface area contributed by atoms with Crippen LogP contribution in [-0.4, -0.2) is 55.0 Å². The number of aromatic nitrogens is 4. The molecule has 30 heavy (non-hydrogen) atoms. The molecule has 160 valence electrons. The van der Waals surface area contributed by atoms with Gasteiger partial charge in [-0.05, 0) is 17.9 Å². The summed E-state index contributed by atoms with van der Waals surface area (Å²) in [6.45, 7) is 3.13. The first-order valence-electron chi connectivity index (χ1n) is 9.10. The molecular weight excluding hydrogens is 419 g/mol. The zero-order valence-electron chi connectivity index (χ0n) is 16.1. The van der Waals surface area contributed by atoms with E-state index in [4.69, 9.17) is 9.90 Å². The Labute approximate surface area is 174 Å². The van der Waals surface area contributed by atoms with Gasteiger partial charge in [-0.3, -0.25) is 9.58 Å². The number of carboxylic acid groups (broad SMARTS) is 1. The second kappa shape index (κ2) is 9.35. The van der Waals surface area contributed by atoms with Crippen molar-refractivity contribution in [3.8, 4) is 11.3 Å². The summed E-state index contributed by atoms with van der Waals surface area (Å²) in [5.41, 5.74) is 4.60. The van der Waals surface area contributed by atoms with Crippen molar-refractivity contribution in [2.45, 2.75) is 25.6 Å². The van der Waals surface area contributed by atoms with Crippen molar-refractivity contribution >= 4 is 17.3 Å². The molecule has 0 amide bonds. The number of alkyl halides is 3. The van der Waals surface area contributed by atoms with Crippen molar-refractivity contribution in [1.29, 1.82) is 0 Å². The van der Waals surface area contributed by atoms with Gasteiger partial charge >= 0.3 is 12.1 Å². The standard InChI is InChI=1S/C17H19N5S.C2HF3O2/c1-21-10-13(9-20-21)17-15-4-6-22(11-14-3-2-8-23-14)7-5-16(15)18-12-19-17;3-2(4,5)1(6)7/h2-3,8-10,12H,4-7,11H2,1H3;(H,6,7). The predicted molar refractivity (Wildman–Crippen MR) is 105 cm³/mol. The van der Waals surface area contributed by atoms with Crippen LogP contribution in [0.2, 0.25) is 0 Å². The first-order chi connectivity index (χ1) is 14.2. The third-order valence-corrected chi connectivity index (χ3v) is 5.42. The summed E-state index contributed by atoms with van der Waals surface area (Å²) >= 11 is 1.83. The summed E-state index contributed by atoms with van der Waals surface area (Å²) < 4.78 is 33.6. The molecule has 0 saturated heterocycles. The molecule has 0 aromatic carbocycles. The summed E-state index contributed by atoms with van der Waals surface area (Å²) in [5.74, 6) is -2.76. The minimum Gasteiger partial charge on any atom is -0.475 e. The Kier molecular flexibility index (Phi) is 6.83. The van der Waals surface area contributed by atoms with E-state index in [1.54, 1.807) is 6.33 Å². The van der Waals surface area contributed by atoms with Crippen LogP contribution in [0.3, 0.4) is 0 Å². The van der Waals surface area contributed by atoms with E-state index in [0.29, 0.717) is 0 Å². The number of rotatable bonds is 3. The number of nitrogens with zero attached hydrogens (tertiary/aromatic N) is 5. The minimum atomic E-state index is -5.08. The Hall–Kier alpha value is -2.79. The van der Waals surface area contributed by atoms with Crippen LogP contribution in [0.15, 0.2) is 36.2 Å². The SMILES string of the molecule is Cn1cc(-c2ncnc3c2CCN(Cc2cccs2)CC3)cn1.O=C(O)C(F)(F)F. The lowest BCUT2D eigenvalue weighted by Crippen LogP contribution is -2.25. The van der Waals surface area contributed by atoms with Gasteiger partial charge in [-0.2, -0.15) is 18.3 Å². The van der Waals surface area contributed by atoms with Gasteiger partial charge in [-0.15, -0.1) is 11.3 Å². The molecule has 0 unspecified atom stereocenters. The molecule has 11 heteroatoms. The molecule has 1 N–H and O–H groups in total. The topological polar surface area (TPSA) is 84.1 Å². The van der Waals surface area contributed by atoms with E-state index < -0.39 is 12.1 Å².